The maximum atomic E-state index is 12.9. The number of benzene rings is 2. The van der Waals surface area contributed by atoms with Crippen LogP contribution in [0.1, 0.15) is 57.1 Å². The molecule has 0 radical (unpaired) electrons. The summed E-state index contributed by atoms with van der Waals surface area (Å²) in [7, 11) is 0. The molecule has 1 fully saturated rings. The lowest BCUT2D eigenvalue weighted by Crippen LogP contribution is -2.41. The number of amides is 3. The van der Waals surface area contributed by atoms with Crippen LogP contribution in [0.2, 0.25) is 0 Å². The Morgan fingerprint density at radius 3 is 2.68 bits per heavy atom. The number of carbonyl (C=O) groups is 3. The van der Waals surface area contributed by atoms with Crippen LogP contribution in [-0.4, -0.2) is 52.3 Å². The van der Waals surface area contributed by atoms with Gasteiger partial charge in [0.2, 0.25) is 5.91 Å². The Bertz CT molecular complexity index is 1450. The standard InChI is InChI=1S/C28H29N5O4S/c1-2-37-21-7-5-6-19(14-21)26(35)31-32-27(36)24-17-38-28(30-24)18-10-12-33(13-11-18)25(34)15-20-16-29-23-9-4-3-8-22(20)23/h3-9,14,16-18,29H,2,10-13,15H2,1H3,(H,31,35)(H,32,36). The van der Waals surface area contributed by atoms with Crippen molar-refractivity contribution in [3.63, 3.8) is 0 Å². The van der Waals surface area contributed by atoms with Gasteiger partial charge in [0.15, 0.2) is 0 Å². The molecular formula is C28H29N5O4S. The van der Waals surface area contributed by atoms with E-state index in [9.17, 15) is 14.4 Å². The van der Waals surface area contributed by atoms with E-state index in [0.29, 0.717) is 37.4 Å². The monoisotopic (exact) mass is 531 g/mol. The van der Waals surface area contributed by atoms with Gasteiger partial charge in [-0.15, -0.1) is 11.3 Å². The Morgan fingerprint density at radius 1 is 1.08 bits per heavy atom. The van der Waals surface area contributed by atoms with Crippen molar-refractivity contribution < 1.29 is 19.1 Å². The minimum absolute atomic E-state index is 0.120. The first-order chi connectivity index (χ1) is 18.5. The number of H-pyrrole nitrogens is 1. The summed E-state index contributed by atoms with van der Waals surface area (Å²) in [5, 5.41) is 3.65. The molecule has 38 heavy (non-hydrogen) atoms. The average Bonchev–Trinajstić information content (AvgIpc) is 3.60. The molecule has 3 N–H and O–H groups in total. The highest BCUT2D eigenvalue weighted by Crippen LogP contribution is 2.31. The third-order valence-corrected chi connectivity index (χ3v) is 7.67. The molecule has 0 atom stereocenters. The summed E-state index contributed by atoms with van der Waals surface area (Å²) < 4.78 is 5.41. The van der Waals surface area contributed by atoms with Crippen LogP contribution in [0.15, 0.2) is 60.1 Å². The van der Waals surface area contributed by atoms with Crippen molar-refractivity contribution in [1.82, 2.24) is 25.7 Å². The van der Waals surface area contributed by atoms with E-state index >= 15 is 0 Å². The molecule has 0 spiro atoms. The molecule has 9 nitrogen and oxygen atoms in total. The lowest BCUT2D eigenvalue weighted by atomic mass is 9.97. The Labute approximate surface area is 224 Å². The number of aromatic nitrogens is 2. The number of nitrogens with zero attached hydrogens (tertiary/aromatic N) is 2. The van der Waals surface area contributed by atoms with Gasteiger partial charge in [0.05, 0.1) is 18.0 Å². The molecule has 2 aromatic carbocycles. The van der Waals surface area contributed by atoms with Crippen molar-refractivity contribution in [2.75, 3.05) is 19.7 Å². The van der Waals surface area contributed by atoms with E-state index in [4.69, 9.17) is 4.74 Å². The van der Waals surface area contributed by atoms with Gasteiger partial charge in [0.1, 0.15) is 11.4 Å². The van der Waals surface area contributed by atoms with Crippen molar-refractivity contribution in [3.8, 4) is 5.75 Å². The van der Waals surface area contributed by atoms with Crippen LogP contribution in [0.25, 0.3) is 10.9 Å². The van der Waals surface area contributed by atoms with Gasteiger partial charge >= 0.3 is 0 Å². The van der Waals surface area contributed by atoms with E-state index < -0.39 is 11.8 Å². The van der Waals surface area contributed by atoms with Crippen LogP contribution in [-0.2, 0) is 11.2 Å². The quantitative estimate of drug-likeness (QED) is 0.311. The maximum absolute atomic E-state index is 12.9. The number of thiazole rings is 1. The fourth-order valence-electron chi connectivity index (χ4n) is 4.65. The van der Waals surface area contributed by atoms with Crippen molar-refractivity contribution >= 4 is 40.0 Å². The lowest BCUT2D eigenvalue weighted by molar-refractivity contribution is -0.131. The number of nitrogens with one attached hydrogen (secondary N) is 3. The lowest BCUT2D eigenvalue weighted by Gasteiger charge is -2.31. The van der Waals surface area contributed by atoms with Crippen molar-refractivity contribution in [2.45, 2.75) is 32.1 Å². The number of hydrogen-bond donors (Lipinski definition) is 3. The Balaban J connectivity index is 1.11. The van der Waals surface area contributed by atoms with E-state index in [-0.39, 0.29) is 17.5 Å². The van der Waals surface area contributed by atoms with Gasteiger partial charge < -0.3 is 14.6 Å². The second-order valence-electron chi connectivity index (χ2n) is 9.13. The molecule has 3 heterocycles. The predicted octanol–water partition coefficient (Wildman–Crippen LogP) is 4.05. The Kier molecular flexibility index (Phi) is 7.69. The minimum Gasteiger partial charge on any atom is -0.494 e. The summed E-state index contributed by atoms with van der Waals surface area (Å²) in [6, 6.07) is 14.7. The zero-order chi connectivity index (χ0) is 26.5. The highest BCUT2D eigenvalue weighted by Gasteiger charge is 2.27. The molecule has 1 aliphatic rings. The Morgan fingerprint density at radius 2 is 1.87 bits per heavy atom. The van der Waals surface area contributed by atoms with Crippen molar-refractivity contribution in [2.24, 2.45) is 0 Å². The van der Waals surface area contributed by atoms with E-state index in [1.54, 1.807) is 29.6 Å². The fourth-order valence-corrected chi connectivity index (χ4v) is 5.62. The smallest absolute Gasteiger partial charge is 0.289 e. The summed E-state index contributed by atoms with van der Waals surface area (Å²) in [6.45, 7) is 3.67. The van der Waals surface area contributed by atoms with Gasteiger partial charge in [0.25, 0.3) is 11.8 Å². The van der Waals surface area contributed by atoms with Gasteiger partial charge in [-0.3, -0.25) is 25.2 Å². The maximum Gasteiger partial charge on any atom is 0.289 e. The second kappa shape index (κ2) is 11.5. The van der Waals surface area contributed by atoms with Crippen molar-refractivity contribution in [1.29, 1.82) is 0 Å². The van der Waals surface area contributed by atoms with E-state index in [2.05, 4.69) is 20.8 Å². The third kappa shape index (κ3) is 5.70. The first kappa shape index (κ1) is 25.5. The Hall–Kier alpha value is -4.18. The molecule has 0 saturated carbocycles. The summed E-state index contributed by atoms with van der Waals surface area (Å²) in [5.74, 6) is -0.0287. The van der Waals surface area contributed by atoms with Gasteiger partial charge in [0, 0.05) is 47.1 Å². The second-order valence-corrected chi connectivity index (χ2v) is 10.0. The van der Waals surface area contributed by atoms with Crippen LogP contribution in [0, 0.1) is 0 Å². The topological polar surface area (TPSA) is 116 Å². The van der Waals surface area contributed by atoms with Crippen molar-refractivity contribution in [3.05, 3.63) is 81.9 Å². The van der Waals surface area contributed by atoms with E-state index in [1.165, 1.54) is 11.3 Å². The van der Waals surface area contributed by atoms with Crippen LogP contribution in [0.4, 0.5) is 0 Å². The number of fused-ring (bicyclic) bond motifs is 1. The molecule has 1 aliphatic heterocycles. The summed E-state index contributed by atoms with van der Waals surface area (Å²) in [6.07, 6.45) is 3.87. The summed E-state index contributed by atoms with van der Waals surface area (Å²) in [4.78, 5) is 47.6. The molecule has 1 saturated heterocycles. The van der Waals surface area contributed by atoms with Gasteiger partial charge in [-0.1, -0.05) is 24.3 Å². The van der Waals surface area contributed by atoms with Gasteiger partial charge in [-0.25, -0.2) is 4.98 Å². The number of aromatic amines is 1. The predicted molar refractivity (Wildman–Crippen MR) is 145 cm³/mol. The number of likely N-dealkylation sites (tertiary alicyclic amines) is 1. The molecule has 4 aromatic rings. The number of rotatable bonds is 7. The van der Waals surface area contributed by atoms with Crippen LogP contribution in [0.5, 0.6) is 5.75 Å². The first-order valence-corrected chi connectivity index (χ1v) is 13.5. The zero-order valence-electron chi connectivity index (χ0n) is 21.0. The van der Waals surface area contributed by atoms with Gasteiger partial charge in [-0.2, -0.15) is 0 Å². The number of hydrogen-bond acceptors (Lipinski definition) is 6. The molecular weight excluding hydrogens is 502 g/mol. The highest BCUT2D eigenvalue weighted by atomic mass is 32.1. The third-order valence-electron chi connectivity index (χ3n) is 6.66. The fraction of sp³-hybridized carbons (Fsp3) is 0.286. The number of para-hydroxylation sites is 1. The highest BCUT2D eigenvalue weighted by molar-refractivity contribution is 7.09. The SMILES string of the molecule is CCOc1cccc(C(=O)NNC(=O)c2csc(C3CCN(C(=O)Cc4c[nH]c5ccccc45)CC3)n2)c1. The number of ether oxygens (including phenoxy) is 1. The molecule has 0 unspecified atom stereocenters. The van der Waals surface area contributed by atoms with Gasteiger partial charge in [-0.05, 0) is 49.6 Å². The number of piperidine rings is 1. The van der Waals surface area contributed by atoms with E-state index in [0.717, 1.165) is 34.3 Å². The number of carbonyl (C=O) groups excluding carboxylic acids is 3. The summed E-state index contributed by atoms with van der Waals surface area (Å²) >= 11 is 1.43. The van der Waals surface area contributed by atoms with Crippen LogP contribution >= 0.6 is 11.3 Å². The summed E-state index contributed by atoms with van der Waals surface area (Å²) in [5.41, 5.74) is 7.54. The average molecular weight is 532 g/mol. The zero-order valence-corrected chi connectivity index (χ0v) is 21.8. The molecule has 5 rings (SSSR count). The first-order valence-electron chi connectivity index (χ1n) is 12.6. The molecule has 0 aliphatic carbocycles. The van der Waals surface area contributed by atoms with E-state index in [1.807, 2.05) is 42.3 Å². The molecule has 3 amide bonds. The normalized spacial score (nSPS) is 13.9. The largest absolute Gasteiger partial charge is 0.494 e. The molecule has 0 bridgehead atoms. The molecule has 10 heteroatoms. The number of hydrazine groups is 1. The minimum atomic E-state index is -0.479. The molecule has 2 aromatic heterocycles. The molecule has 196 valence electrons. The van der Waals surface area contributed by atoms with Crippen LogP contribution in [0.3, 0.4) is 0 Å². The van der Waals surface area contributed by atoms with Crippen LogP contribution < -0.4 is 15.6 Å².